The monoisotopic (exact) mass is 815 g/mol. The van der Waals surface area contributed by atoms with Crippen LogP contribution in [0.1, 0.15) is 219 Å². The zero-order valence-electron chi connectivity index (χ0n) is 35.4. The molecule has 0 aromatic carbocycles. The van der Waals surface area contributed by atoms with Gasteiger partial charge in [-0.05, 0) is 12.8 Å². The summed E-state index contributed by atoms with van der Waals surface area (Å²) in [6.45, 7) is 2.30. The SMILES string of the molecule is CCCCCCCCCCCCCCCCCC(=O)OC[C@H](COP(=O)(O)OC(CO)C(=O)[O-])OC(=O)CCCCCCCCCCCCCCCCC.[Na+]. The summed E-state index contributed by atoms with van der Waals surface area (Å²) in [4.78, 5) is 46.0. The average Bonchev–Trinajstić information content (AvgIpc) is 3.14. The molecule has 0 bridgehead atoms. The van der Waals surface area contributed by atoms with Gasteiger partial charge in [-0.1, -0.05) is 194 Å². The van der Waals surface area contributed by atoms with E-state index in [1.165, 1.54) is 141 Å². The number of carbonyl (C=O) groups excluding carboxylic acids is 3. The maximum atomic E-state index is 12.6. The van der Waals surface area contributed by atoms with Crippen LogP contribution in [0, 0.1) is 0 Å². The average molecular weight is 815 g/mol. The molecule has 13 heteroatoms. The third-order valence-corrected chi connectivity index (χ3v) is 10.8. The van der Waals surface area contributed by atoms with E-state index in [1.807, 2.05) is 0 Å². The zero-order valence-corrected chi connectivity index (χ0v) is 38.3. The van der Waals surface area contributed by atoms with E-state index in [2.05, 4.69) is 18.4 Å². The van der Waals surface area contributed by atoms with E-state index in [0.717, 1.165) is 38.5 Å². The van der Waals surface area contributed by atoms with Crippen LogP contribution in [-0.2, 0) is 37.5 Å². The van der Waals surface area contributed by atoms with Crippen molar-refractivity contribution >= 4 is 25.7 Å². The molecule has 0 aliphatic heterocycles. The minimum absolute atomic E-state index is 0. The van der Waals surface area contributed by atoms with Gasteiger partial charge in [0.15, 0.2) is 6.10 Å². The molecule has 0 rings (SSSR count). The van der Waals surface area contributed by atoms with Gasteiger partial charge in [0.25, 0.3) is 0 Å². The number of aliphatic hydroxyl groups excluding tert-OH is 1. The number of carbonyl (C=O) groups is 3. The van der Waals surface area contributed by atoms with Gasteiger partial charge in [0.05, 0.1) is 19.2 Å². The first kappa shape index (κ1) is 56.6. The van der Waals surface area contributed by atoms with Crippen molar-refractivity contribution in [3.63, 3.8) is 0 Å². The second-order valence-electron chi connectivity index (χ2n) is 15.1. The van der Waals surface area contributed by atoms with Gasteiger partial charge in [-0.3, -0.25) is 18.6 Å². The molecule has 0 heterocycles. The molecule has 0 radical (unpaired) electrons. The first-order chi connectivity index (χ1) is 26.1. The van der Waals surface area contributed by atoms with E-state index in [-0.39, 0.29) is 42.4 Å². The van der Waals surface area contributed by atoms with E-state index in [9.17, 15) is 28.9 Å². The van der Waals surface area contributed by atoms with E-state index < -0.39 is 57.8 Å². The molecule has 0 saturated carbocycles. The quantitative estimate of drug-likeness (QED) is 0.0276. The van der Waals surface area contributed by atoms with Gasteiger partial charge in [0.1, 0.15) is 12.7 Å². The summed E-state index contributed by atoms with van der Waals surface area (Å²) in [5.74, 6) is -2.93. The van der Waals surface area contributed by atoms with Gasteiger partial charge >= 0.3 is 49.3 Å². The van der Waals surface area contributed by atoms with Crippen molar-refractivity contribution in [2.45, 2.75) is 232 Å². The molecular formula is C42H80NaO11P. The van der Waals surface area contributed by atoms with Crippen LogP contribution in [0.2, 0.25) is 0 Å². The molecule has 0 aliphatic rings. The molecule has 2 unspecified atom stereocenters. The Bertz CT molecular complexity index is 939. The molecular weight excluding hydrogens is 734 g/mol. The number of aliphatic carboxylic acids is 1. The summed E-state index contributed by atoms with van der Waals surface area (Å²) in [7, 11) is -4.98. The van der Waals surface area contributed by atoms with Crippen LogP contribution in [0.25, 0.3) is 0 Å². The Hall–Kier alpha value is -0.520. The number of phosphoric acid groups is 1. The molecule has 0 amide bonds. The summed E-state index contributed by atoms with van der Waals surface area (Å²) in [5.41, 5.74) is 0. The van der Waals surface area contributed by atoms with Crippen molar-refractivity contribution in [2.24, 2.45) is 0 Å². The molecule has 55 heavy (non-hydrogen) atoms. The van der Waals surface area contributed by atoms with Crippen molar-refractivity contribution in [1.82, 2.24) is 0 Å². The maximum Gasteiger partial charge on any atom is 1.00 e. The Kier molecular flexibility index (Phi) is 42.8. The van der Waals surface area contributed by atoms with Gasteiger partial charge in [-0.25, -0.2) is 4.57 Å². The normalized spacial score (nSPS) is 13.5. The number of esters is 2. The zero-order chi connectivity index (χ0) is 40.0. The number of hydrogen-bond donors (Lipinski definition) is 2. The fraction of sp³-hybridized carbons (Fsp3) is 0.929. The fourth-order valence-electron chi connectivity index (χ4n) is 6.42. The van der Waals surface area contributed by atoms with E-state index in [0.29, 0.717) is 12.8 Å². The first-order valence-corrected chi connectivity index (χ1v) is 23.5. The summed E-state index contributed by atoms with van der Waals surface area (Å²) in [6, 6.07) is 0. The van der Waals surface area contributed by atoms with Crippen LogP contribution >= 0.6 is 7.82 Å². The Labute approximate surface area is 357 Å². The number of phosphoric ester groups is 1. The predicted molar refractivity (Wildman–Crippen MR) is 213 cm³/mol. The molecule has 0 saturated heterocycles. The minimum atomic E-state index is -4.98. The number of carboxylic acids is 1. The third-order valence-electron chi connectivity index (χ3n) is 9.81. The van der Waals surface area contributed by atoms with Crippen LogP contribution in [0.15, 0.2) is 0 Å². The van der Waals surface area contributed by atoms with Crippen LogP contribution in [0.4, 0.5) is 0 Å². The predicted octanol–water partition coefficient (Wildman–Crippen LogP) is 7.21. The van der Waals surface area contributed by atoms with Crippen molar-refractivity contribution in [3.8, 4) is 0 Å². The molecule has 320 valence electrons. The number of rotatable bonds is 42. The first-order valence-electron chi connectivity index (χ1n) is 22.0. The molecule has 11 nitrogen and oxygen atoms in total. The van der Waals surface area contributed by atoms with Gasteiger partial charge in [-0.2, -0.15) is 0 Å². The van der Waals surface area contributed by atoms with E-state index >= 15 is 0 Å². The molecule has 0 spiro atoms. The molecule has 0 aromatic heterocycles. The maximum absolute atomic E-state index is 12.6. The van der Waals surface area contributed by atoms with E-state index in [1.54, 1.807) is 0 Å². The number of aliphatic hydroxyl groups is 1. The smallest absolute Gasteiger partial charge is 0.547 e. The van der Waals surface area contributed by atoms with Gasteiger partial charge in [0, 0.05) is 12.8 Å². The Balaban J connectivity index is 0. The van der Waals surface area contributed by atoms with Gasteiger partial charge < -0.3 is 29.4 Å². The molecule has 2 N–H and O–H groups in total. The molecule has 0 aromatic rings. The van der Waals surface area contributed by atoms with Gasteiger partial charge in [0.2, 0.25) is 0 Å². The molecule has 0 fully saturated rings. The molecule has 0 aliphatic carbocycles. The number of ether oxygens (including phenoxy) is 2. The second kappa shape index (κ2) is 41.6. The third kappa shape index (κ3) is 40.1. The van der Waals surface area contributed by atoms with Crippen molar-refractivity contribution in [1.29, 1.82) is 0 Å². The van der Waals surface area contributed by atoms with Crippen LogP contribution < -0.4 is 34.7 Å². The van der Waals surface area contributed by atoms with Crippen LogP contribution in [0.5, 0.6) is 0 Å². The molecule has 3 atom stereocenters. The van der Waals surface area contributed by atoms with Crippen LogP contribution in [-0.4, -0.2) is 59.9 Å². The Morgan fingerprint density at radius 1 is 0.545 bits per heavy atom. The van der Waals surface area contributed by atoms with Crippen molar-refractivity contribution in [2.75, 3.05) is 19.8 Å². The Morgan fingerprint density at radius 2 is 0.873 bits per heavy atom. The van der Waals surface area contributed by atoms with Crippen molar-refractivity contribution in [3.05, 3.63) is 0 Å². The largest absolute Gasteiger partial charge is 1.00 e. The summed E-state index contributed by atoms with van der Waals surface area (Å²) in [6.07, 6.45) is 33.3. The minimum Gasteiger partial charge on any atom is -0.547 e. The van der Waals surface area contributed by atoms with Crippen molar-refractivity contribution < 1.29 is 82.1 Å². The number of hydrogen-bond acceptors (Lipinski definition) is 10. The summed E-state index contributed by atoms with van der Waals surface area (Å²) < 4.78 is 32.3. The van der Waals surface area contributed by atoms with Crippen LogP contribution in [0.3, 0.4) is 0 Å². The number of carboxylic acid groups (broad SMARTS) is 1. The topological polar surface area (TPSA) is 169 Å². The Morgan fingerprint density at radius 3 is 1.20 bits per heavy atom. The summed E-state index contributed by atoms with van der Waals surface area (Å²) >= 11 is 0. The number of unbranched alkanes of at least 4 members (excludes halogenated alkanes) is 28. The second-order valence-corrected chi connectivity index (χ2v) is 16.5. The van der Waals surface area contributed by atoms with Gasteiger partial charge in [-0.15, -0.1) is 0 Å². The fourth-order valence-corrected chi connectivity index (χ4v) is 7.31. The standard InChI is InChI=1S/C42H81O11P.Na/c1-3-5-7-9-11-13-15-17-19-21-23-25-27-29-31-33-40(44)50-36-38(37-51-54(48,49)53-39(35-43)42(46)47)52-41(45)34-32-30-28-26-24-22-20-18-16-14-12-10-8-6-4-2;/h38-39,43H,3-37H2,1-2H3,(H,46,47)(H,48,49);/q;+1/p-1/t38-,39?;/m1./s1. The van der Waals surface area contributed by atoms with E-state index in [4.69, 9.17) is 19.1 Å². The summed E-state index contributed by atoms with van der Waals surface area (Å²) in [5, 5.41) is 20.1.